The lowest BCUT2D eigenvalue weighted by Gasteiger charge is -2.21. The number of likely N-dealkylation sites (tertiary alicyclic amines) is 1. The minimum atomic E-state index is -1.13. The van der Waals surface area contributed by atoms with Crippen LogP contribution in [0.25, 0.3) is 0 Å². The number of nitrogens with zero attached hydrogens (tertiary/aromatic N) is 2. The molecule has 3 N–H and O–H groups in total. The summed E-state index contributed by atoms with van der Waals surface area (Å²) in [5.41, 5.74) is 1.23. The van der Waals surface area contributed by atoms with Crippen LogP contribution in [0, 0.1) is 11.3 Å². The Morgan fingerprint density at radius 2 is 2.24 bits per heavy atom. The van der Waals surface area contributed by atoms with Crippen molar-refractivity contribution in [1.29, 1.82) is 5.26 Å². The highest BCUT2D eigenvalue weighted by Crippen LogP contribution is 2.18. The summed E-state index contributed by atoms with van der Waals surface area (Å²) >= 11 is 0. The molecule has 0 aromatic heterocycles. The minimum Gasteiger partial charge on any atom is -0.480 e. The van der Waals surface area contributed by atoms with Gasteiger partial charge in [-0.2, -0.15) is 5.26 Å². The average Bonchev–Trinajstić information content (AvgIpc) is 2.87. The maximum Gasteiger partial charge on any atom is 0.326 e. The van der Waals surface area contributed by atoms with Crippen LogP contribution in [0.1, 0.15) is 17.5 Å². The molecule has 1 aliphatic rings. The van der Waals surface area contributed by atoms with Crippen LogP contribution in [0.15, 0.2) is 24.3 Å². The van der Waals surface area contributed by atoms with Crippen LogP contribution in [0.2, 0.25) is 0 Å². The number of β-amino-alcohol motifs (C(OH)–C–C–N with tert-alkyl or cyclic N) is 1. The molecule has 0 spiro atoms. The third-order valence-corrected chi connectivity index (χ3v) is 3.32. The number of carboxylic acid groups (broad SMARTS) is 1. The summed E-state index contributed by atoms with van der Waals surface area (Å²) in [5.74, 6) is -1.13. The summed E-state index contributed by atoms with van der Waals surface area (Å²) < 4.78 is 0. The molecular formula is C14H15N3O4. The molecule has 0 aliphatic carbocycles. The number of nitrogens with one attached hydrogen (secondary N) is 1. The van der Waals surface area contributed by atoms with Gasteiger partial charge in [-0.05, 0) is 17.7 Å². The second kappa shape index (κ2) is 6.24. The van der Waals surface area contributed by atoms with Gasteiger partial charge >= 0.3 is 12.0 Å². The van der Waals surface area contributed by atoms with Gasteiger partial charge in [-0.1, -0.05) is 12.1 Å². The van der Waals surface area contributed by atoms with Crippen LogP contribution in [0.5, 0.6) is 0 Å². The lowest BCUT2D eigenvalue weighted by Crippen LogP contribution is -2.45. The van der Waals surface area contributed by atoms with Crippen molar-refractivity contribution in [2.24, 2.45) is 0 Å². The van der Waals surface area contributed by atoms with E-state index in [2.05, 4.69) is 5.32 Å². The first-order valence-electron chi connectivity index (χ1n) is 6.45. The first-order valence-corrected chi connectivity index (χ1v) is 6.45. The van der Waals surface area contributed by atoms with Crippen LogP contribution in [-0.4, -0.2) is 45.8 Å². The van der Waals surface area contributed by atoms with E-state index in [1.54, 1.807) is 24.3 Å². The van der Waals surface area contributed by atoms with Crippen LogP contribution in [-0.2, 0) is 11.3 Å². The third kappa shape index (κ3) is 3.49. The van der Waals surface area contributed by atoms with E-state index < -0.39 is 24.1 Å². The fourth-order valence-corrected chi connectivity index (χ4v) is 2.30. The molecule has 1 fully saturated rings. The SMILES string of the molecule is N#Cc1cccc(CNC(=O)N2CC(O)CC2C(=O)O)c1. The number of hydrogen-bond donors (Lipinski definition) is 3. The van der Waals surface area contributed by atoms with Gasteiger partial charge in [0.05, 0.1) is 17.7 Å². The molecule has 2 atom stereocenters. The zero-order chi connectivity index (χ0) is 15.4. The predicted octanol–water partition coefficient (Wildman–Crippen LogP) is 0.288. The molecule has 0 radical (unpaired) electrons. The van der Waals surface area contributed by atoms with Gasteiger partial charge < -0.3 is 20.4 Å². The van der Waals surface area contributed by atoms with Crippen LogP contribution in [0.4, 0.5) is 4.79 Å². The zero-order valence-corrected chi connectivity index (χ0v) is 11.2. The molecule has 7 nitrogen and oxygen atoms in total. The molecule has 0 saturated carbocycles. The number of rotatable bonds is 3. The van der Waals surface area contributed by atoms with E-state index in [4.69, 9.17) is 10.4 Å². The fourth-order valence-electron chi connectivity index (χ4n) is 2.30. The van der Waals surface area contributed by atoms with Gasteiger partial charge in [-0.15, -0.1) is 0 Å². The molecule has 0 bridgehead atoms. The largest absolute Gasteiger partial charge is 0.480 e. The second-order valence-corrected chi connectivity index (χ2v) is 4.87. The molecule has 1 aliphatic heterocycles. The van der Waals surface area contributed by atoms with E-state index in [-0.39, 0.29) is 19.5 Å². The van der Waals surface area contributed by atoms with Gasteiger partial charge in [-0.25, -0.2) is 9.59 Å². The molecule has 110 valence electrons. The van der Waals surface area contributed by atoms with E-state index in [0.29, 0.717) is 5.56 Å². The van der Waals surface area contributed by atoms with Crippen molar-refractivity contribution >= 4 is 12.0 Å². The standard InChI is InChI=1S/C14H15N3O4/c15-6-9-2-1-3-10(4-9)7-16-14(21)17-8-11(18)5-12(17)13(19)20/h1-4,11-12,18H,5,7-8H2,(H,16,21)(H,19,20). The highest BCUT2D eigenvalue weighted by Gasteiger charge is 2.38. The van der Waals surface area contributed by atoms with Gasteiger partial charge in [-0.3, -0.25) is 0 Å². The van der Waals surface area contributed by atoms with E-state index in [1.807, 2.05) is 6.07 Å². The van der Waals surface area contributed by atoms with Crippen molar-refractivity contribution in [2.75, 3.05) is 6.54 Å². The Hall–Kier alpha value is -2.59. The van der Waals surface area contributed by atoms with Crippen LogP contribution < -0.4 is 5.32 Å². The van der Waals surface area contributed by atoms with Gasteiger partial charge in [0.2, 0.25) is 0 Å². The number of amides is 2. The van der Waals surface area contributed by atoms with Crippen molar-refractivity contribution in [2.45, 2.75) is 25.1 Å². The number of urea groups is 1. The van der Waals surface area contributed by atoms with Crippen LogP contribution in [0.3, 0.4) is 0 Å². The molecule has 2 unspecified atom stereocenters. The number of benzene rings is 1. The predicted molar refractivity (Wildman–Crippen MR) is 72.1 cm³/mol. The number of hydrogen-bond acceptors (Lipinski definition) is 4. The number of nitriles is 1. The first-order chi connectivity index (χ1) is 10.0. The van der Waals surface area contributed by atoms with Gasteiger partial charge in [0.1, 0.15) is 6.04 Å². The number of carbonyl (C=O) groups is 2. The summed E-state index contributed by atoms with van der Waals surface area (Å²) in [6, 6.07) is 7.22. The van der Waals surface area contributed by atoms with Crippen molar-refractivity contribution in [3.8, 4) is 6.07 Å². The Morgan fingerprint density at radius 3 is 2.90 bits per heavy atom. The van der Waals surface area contributed by atoms with E-state index in [0.717, 1.165) is 10.5 Å². The Balaban J connectivity index is 1.98. The van der Waals surface area contributed by atoms with Gasteiger partial charge in [0.15, 0.2) is 0 Å². The topological polar surface area (TPSA) is 114 Å². The number of aliphatic hydroxyl groups is 1. The Bertz CT molecular complexity index is 596. The normalized spacial score (nSPS) is 20.9. The van der Waals surface area contributed by atoms with Crippen LogP contribution >= 0.6 is 0 Å². The highest BCUT2D eigenvalue weighted by molar-refractivity contribution is 5.83. The fraction of sp³-hybridized carbons (Fsp3) is 0.357. The van der Waals surface area contributed by atoms with Crippen molar-refractivity contribution in [3.05, 3.63) is 35.4 Å². The first kappa shape index (κ1) is 14.8. The third-order valence-electron chi connectivity index (χ3n) is 3.32. The lowest BCUT2D eigenvalue weighted by atomic mass is 10.1. The maximum absolute atomic E-state index is 12.0. The molecule has 21 heavy (non-hydrogen) atoms. The zero-order valence-electron chi connectivity index (χ0n) is 11.2. The molecule has 7 heteroatoms. The maximum atomic E-state index is 12.0. The molecule has 2 rings (SSSR count). The van der Waals surface area contributed by atoms with Gasteiger partial charge in [0.25, 0.3) is 0 Å². The Morgan fingerprint density at radius 1 is 1.48 bits per heavy atom. The smallest absolute Gasteiger partial charge is 0.326 e. The van der Waals surface area contributed by atoms with Crippen molar-refractivity contribution < 1.29 is 19.8 Å². The van der Waals surface area contributed by atoms with Gasteiger partial charge in [0, 0.05) is 19.5 Å². The molecule has 1 saturated heterocycles. The molecular weight excluding hydrogens is 274 g/mol. The van der Waals surface area contributed by atoms with E-state index in [9.17, 15) is 14.7 Å². The minimum absolute atomic E-state index is 0.00103. The molecule has 1 aromatic carbocycles. The lowest BCUT2D eigenvalue weighted by molar-refractivity contribution is -0.141. The van der Waals surface area contributed by atoms with E-state index >= 15 is 0 Å². The second-order valence-electron chi connectivity index (χ2n) is 4.87. The Kier molecular flexibility index (Phi) is 4.40. The Labute approximate surface area is 121 Å². The molecule has 1 aromatic rings. The number of carboxylic acids is 1. The van der Waals surface area contributed by atoms with E-state index in [1.165, 1.54) is 0 Å². The average molecular weight is 289 g/mol. The molecule has 1 heterocycles. The van der Waals surface area contributed by atoms with Crippen molar-refractivity contribution in [1.82, 2.24) is 10.2 Å². The van der Waals surface area contributed by atoms with Crippen molar-refractivity contribution in [3.63, 3.8) is 0 Å². The highest BCUT2D eigenvalue weighted by atomic mass is 16.4. The summed E-state index contributed by atoms with van der Waals surface area (Å²) in [6.07, 6.45) is -0.786. The summed E-state index contributed by atoms with van der Waals surface area (Å²) in [6.45, 7) is 0.189. The number of aliphatic hydroxyl groups excluding tert-OH is 1. The monoisotopic (exact) mass is 289 g/mol. The number of aliphatic carboxylic acids is 1. The quantitative estimate of drug-likeness (QED) is 0.740. The summed E-state index contributed by atoms with van der Waals surface area (Å²) in [7, 11) is 0. The molecule has 2 amide bonds. The summed E-state index contributed by atoms with van der Waals surface area (Å²) in [4.78, 5) is 24.2. The number of carbonyl (C=O) groups excluding carboxylic acids is 1. The summed E-state index contributed by atoms with van der Waals surface area (Å²) in [5, 5.41) is 29.9.